The van der Waals surface area contributed by atoms with Crippen LogP contribution in [0.25, 0.3) is 0 Å². The van der Waals surface area contributed by atoms with Crippen LogP contribution in [0.5, 0.6) is 0 Å². The lowest BCUT2D eigenvalue weighted by Gasteiger charge is -2.21. The first-order valence-corrected chi connectivity index (χ1v) is 5.69. The van der Waals surface area contributed by atoms with Crippen LogP contribution in [0.3, 0.4) is 0 Å². The van der Waals surface area contributed by atoms with E-state index in [1.54, 1.807) is 7.05 Å². The predicted octanol–water partition coefficient (Wildman–Crippen LogP) is 0.914. The van der Waals surface area contributed by atoms with Crippen molar-refractivity contribution in [3.63, 3.8) is 0 Å². The van der Waals surface area contributed by atoms with E-state index in [2.05, 4.69) is 12.2 Å². The van der Waals surface area contributed by atoms with Gasteiger partial charge in [-0.15, -0.1) is 0 Å². The molecule has 0 aromatic rings. The molecule has 2 amide bonds. The fourth-order valence-electron chi connectivity index (χ4n) is 1.63. The van der Waals surface area contributed by atoms with Crippen LogP contribution in [0.1, 0.15) is 39.0 Å². The molecule has 4 heteroatoms. The molecular formula is C11H20N2O2. The van der Waals surface area contributed by atoms with Crippen LogP contribution in [-0.4, -0.2) is 36.3 Å². The third kappa shape index (κ3) is 3.90. The molecule has 1 rings (SSSR count). The Labute approximate surface area is 91.0 Å². The molecule has 0 aliphatic heterocycles. The van der Waals surface area contributed by atoms with Crippen LogP contribution in [-0.2, 0) is 9.59 Å². The van der Waals surface area contributed by atoms with Gasteiger partial charge in [-0.2, -0.15) is 0 Å². The van der Waals surface area contributed by atoms with Crippen molar-refractivity contribution in [1.29, 1.82) is 0 Å². The highest BCUT2D eigenvalue weighted by Gasteiger charge is 2.31. The summed E-state index contributed by atoms with van der Waals surface area (Å²) in [7, 11) is 1.59. The molecule has 86 valence electrons. The predicted molar refractivity (Wildman–Crippen MR) is 58.3 cm³/mol. The molecule has 0 saturated heterocycles. The fraction of sp³-hybridized carbons (Fsp3) is 0.818. The van der Waals surface area contributed by atoms with E-state index in [9.17, 15) is 9.59 Å². The van der Waals surface area contributed by atoms with E-state index in [0.29, 0.717) is 18.9 Å². The Morgan fingerprint density at radius 2 is 2.00 bits per heavy atom. The molecular weight excluding hydrogens is 192 g/mol. The molecule has 0 radical (unpaired) electrons. The van der Waals surface area contributed by atoms with Crippen molar-refractivity contribution in [3.8, 4) is 0 Å². The van der Waals surface area contributed by atoms with Crippen LogP contribution in [0.15, 0.2) is 0 Å². The van der Waals surface area contributed by atoms with Crippen LogP contribution in [0.4, 0.5) is 0 Å². The highest BCUT2D eigenvalue weighted by molar-refractivity contribution is 5.83. The van der Waals surface area contributed by atoms with Gasteiger partial charge in [0.1, 0.15) is 0 Å². The number of nitrogens with zero attached hydrogens (tertiary/aromatic N) is 1. The Bertz CT molecular complexity index is 237. The second-order valence-corrected chi connectivity index (χ2v) is 3.99. The van der Waals surface area contributed by atoms with Crippen LogP contribution < -0.4 is 5.32 Å². The van der Waals surface area contributed by atoms with Crippen molar-refractivity contribution in [1.82, 2.24) is 10.2 Å². The lowest BCUT2D eigenvalue weighted by Crippen LogP contribution is -2.34. The van der Waals surface area contributed by atoms with E-state index in [4.69, 9.17) is 0 Å². The maximum atomic E-state index is 11.8. The normalized spacial score (nSPS) is 14.8. The molecule has 0 bridgehead atoms. The molecule has 0 atom stereocenters. The Morgan fingerprint density at radius 1 is 1.33 bits per heavy atom. The van der Waals surface area contributed by atoms with Gasteiger partial charge in [0, 0.05) is 32.5 Å². The maximum Gasteiger partial charge on any atom is 0.223 e. The average molecular weight is 212 g/mol. The lowest BCUT2D eigenvalue weighted by atomic mass is 10.2. The quantitative estimate of drug-likeness (QED) is 0.711. The first kappa shape index (κ1) is 12.0. The second kappa shape index (κ2) is 5.73. The molecule has 0 unspecified atom stereocenters. The minimum absolute atomic E-state index is 0.0596. The monoisotopic (exact) mass is 212 g/mol. The number of amides is 2. The van der Waals surface area contributed by atoms with E-state index >= 15 is 0 Å². The van der Waals surface area contributed by atoms with Crippen LogP contribution in [0, 0.1) is 0 Å². The number of hydrogen-bond acceptors (Lipinski definition) is 2. The number of carbonyl (C=O) groups excluding carboxylic acids is 2. The van der Waals surface area contributed by atoms with Gasteiger partial charge in [0.15, 0.2) is 0 Å². The molecule has 0 aromatic heterocycles. The topological polar surface area (TPSA) is 49.4 Å². The van der Waals surface area contributed by atoms with Crippen molar-refractivity contribution in [2.75, 3.05) is 13.6 Å². The van der Waals surface area contributed by atoms with Gasteiger partial charge in [0.25, 0.3) is 0 Å². The van der Waals surface area contributed by atoms with Gasteiger partial charge in [0.05, 0.1) is 0 Å². The summed E-state index contributed by atoms with van der Waals surface area (Å²) in [5.74, 6) is 0.0681. The van der Waals surface area contributed by atoms with Gasteiger partial charge in [-0.25, -0.2) is 0 Å². The fourth-order valence-corrected chi connectivity index (χ4v) is 1.63. The Balaban J connectivity index is 2.32. The summed E-state index contributed by atoms with van der Waals surface area (Å²) in [6.45, 7) is 2.90. The van der Waals surface area contributed by atoms with E-state index in [1.165, 1.54) is 0 Å². The third-order valence-electron chi connectivity index (χ3n) is 2.62. The number of carbonyl (C=O) groups is 2. The Kier molecular flexibility index (Phi) is 4.59. The zero-order valence-electron chi connectivity index (χ0n) is 9.58. The van der Waals surface area contributed by atoms with Crippen molar-refractivity contribution in [2.24, 2.45) is 0 Å². The minimum Gasteiger partial charge on any atom is -0.359 e. The zero-order chi connectivity index (χ0) is 11.3. The first-order valence-electron chi connectivity index (χ1n) is 5.69. The summed E-state index contributed by atoms with van der Waals surface area (Å²) < 4.78 is 0. The van der Waals surface area contributed by atoms with Crippen molar-refractivity contribution in [2.45, 2.75) is 45.1 Å². The molecule has 15 heavy (non-hydrogen) atoms. The van der Waals surface area contributed by atoms with E-state index in [-0.39, 0.29) is 11.8 Å². The average Bonchev–Trinajstić information content (AvgIpc) is 3.05. The first-order chi connectivity index (χ1) is 7.19. The van der Waals surface area contributed by atoms with E-state index in [1.807, 2.05) is 4.90 Å². The Hall–Kier alpha value is -1.06. The minimum atomic E-state index is -0.0596. The van der Waals surface area contributed by atoms with Gasteiger partial charge in [-0.3, -0.25) is 9.59 Å². The molecule has 1 aliphatic carbocycles. The van der Waals surface area contributed by atoms with Gasteiger partial charge in [-0.05, 0) is 19.3 Å². The molecule has 4 nitrogen and oxygen atoms in total. The second-order valence-electron chi connectivity index (χ2n) is 3.99. The molecule has 1 fully saturated rings. The molecule has 0 aromatic carbocycles. The highest BCUT2D eigenvalue weighted by Crippen LogP contribution is 2.27. The van der Waals surface area contributed by atoms with Crippen molar-refractivity contribution in [3.05, 3.63) is 0 Å². The third-order valence-corrected chi connectivity index (χ3v) is 2.62. The molecule has 1 aliphatic rings. The van der Waals surface area contributed by atoms with Gasteiger partial charge in [-0.1, -0.05) is 6.92 Å². The van der Waals surface area contributed by atoms with Crippen molar-refractivity contribution < 1.29 is 9.59 Å². The van der Waals surface area contributed by atoms with Crippen molar-refractivity contribution >= 4 is 11.8 Å². The summed E-state index contributed by atoms with van der Waals surface area (Å²) in [6.07, 6.45) is 3.90. The van der Waals surface area contributed by atoms with Gasteiger partial charge in [0.2, 0.25) is 11.8 Å². The van der Waals surface area contributed by atoms with Crippen LogP contribution >= 0.6 is 0 Å². The summed E-state index contributed by atoms with van der Waals surface area (Å²) in [6, 6.07) is 0.460. The van der Waals surface area contributed by atoms with Crippen LogP contribution in [0.2, 0.25) is 0 Å². The van der Waals surface area contributed by atoms with E-state index < -0.39 is 0 Å². The summed E-state index contributed by atoms with van der Waals surface area (Å²) in [5, 5.41) is 2.53. The smallest absolute Gasteiger partial charge is 0.223 e. The number of hydrogen-bond donors (Lipinski definition) is 1. The molecule has 1 N–H and O–H groups in total. The summed E-state index contributed by atoms with van der Waals surface area (Å²) >= 11 is 0. The maximum absolute atomic E-state index is 11.8. The standard InChI is InChI=1S/C11H20N2O2/c1-3-8-13(9-4-5-9)11(15)7-6-10(14)12-2/h9H,3-8H2,1-2H3,(H,12,14). The number of rotatable bonds is 6. The largest absolute Gasteiger partial charge is 0.359 e. The SMILES string of the molecule is CCCN(C(=O)CCC(=O)NC)C1CC1. The Morgan fingerprint density at radius 3 is 2.47 bits per heavy atom. The summed E-state index contributed by atoms with van der Waals surface area (Å²) in [5.41, 5.74) is 0. The molecule has 1 saturated carbocycles. The van der Waals surface area contributed by atoms with Gasteiger partial charge >= 0.3 is 0 Å². The summed E-state index contributed by atoms with van der Waals surface area (Å²) in [4.78, 5) is 24.7. The van der Waals surface area contributed by atoms with Gasteiger partial charge < -0.3 is 10.2 Å². The zero-order valence-corrected chi connectivity index (χ0v) is 9.58. The molecule has 0 heterocycles. The number of nitrogens with one attached hydrogen (secondary N) is 1. The molecule has 0 spiro atoms. The lowest BCUT2D eigenvalue weighted by molar-refractivity contribution is -0.134. The van der Waals surface area contributed by atoms with E-state index in [0.717, 1.165) is 25.8 Å². The highest BCUT2D eigenvalue weighted by atomic mass is 16.2.